The van der Waals surface area contributed by atoms with E-state index in [1.54, 1.807) is 4.90 Å². The van der Waals surface area contributed by atoms with Gasteiger partial charge in [0.15, 0.2) is 0 Å². The second-order valence-corrected chi connectivity index (χ2v) is 3.68. The molecular weight excluding hydrogens is 208 g/mol. The van der Waals surface area contributed by atoms with Crippen LogP contribution in [0.3, 0.4) is 0 Å². The lowest BCUT2D eigenvalue weighted by Crippen LogP contribution is -2.23. The van der Waals surface area contributed by atoms with Crippen LogP contribution in [0.15, 0.2) is 16.5 Å². The molecule has 5 heteroatoms. The fraction of sp³-hybridized carbons (Fsp3) is 0.545. The van der Waals surface area contributed by atoms with Crippen molar-refractivity contribution in [1.82, 2.24) is 10.2 Å². The molecule has 0 radical (unpaired) electrons. The molecule has 1 N–H and O–H groups in total. The van der Waals surface area contributed by atoms with E-state index in [-0.39, 0.29) is 6.09 Å². The van der Waals surface area contributed by atoms with Gasteiger partial charge in [-0.05, 0) is 18.7 Å². The first-order valence-electron chi connectivity index (χ1n) is 5.49. The lowest BCUT2D eigenvalue weighted by molar-refractivity contribution is 0.155. The molecule has 0 unspecified atom stereocenters. The second kappa shape index (κ2) is 5.03. The first-order valence-corrected chi connectivity index (χ1v) is 5.49. The summed E-state index contributed by atoms with van der Waals surface area (Å²) in [6.07, 6.45) is -0.260. The summed E-state index contributed by atoms with van der Waals surface area (Å²) >= 11 is 0. The van der Waals surface area contributed by atoms with E-state index in [1.807, 2.05) is 19.1 Å². The van der Waals surface area contributed by atoms with Gasteiger partial charge in [0, 0.05) is 0 Å². The number of hydrogen-bond donors (Lipinski definition) is 1. The Balaban J connectivity index is 1.89. The molecule has 2 rings (SSSR count). The predicted molar refractivity (Wildman–Crippen MR) is 57.8 cm³/mol. The van der Waals surface area contributed by atoms with Gasteiger partial charge in [0.2, 0.25) is 0 Å². The molecule has 1 saturated heterocycles. The molecule has 0 atom stereocenters. The molecule has 1 aromatic heterocycles. The quantitative estimate of drug-likeness (QED) is 0.820. The second-order valence-electron chi connectivity index (χ2n) is 3.68. The third kappa shape index (κ3) is 2.55. The number of nitrogens with zero attached hydrogens (tertiary/aromatic N) is 1. The zero-order valence-corrected chi connectivity index (χ0v) is 9.36. The van der Waals surface area contributed by atoms with Crippen LogP contribution in [0.25, 0.3) is 0 Å². The SMILES string of the molecule is CCNCc1ccc(CN2CCOC2=O)o1. The molecule has 0 saturated carbocycles. The smallest absolute Gasteiger partial charge is 0.410 e. The first kappa shape index (κ1) is 11.0. The van der Waals surface area contributed by atoms with E-state index in [0.717, 1.165) is 24.6 Å². The highest BCUT2D eigenvalue weighted by Crippen LogP contribution is 2.13. The van der Waals surface area contributed by atoms with Crippen LogP contribution in [0.1, 0.15) is 18.4 Å². The van der Waals surface area contributed by atoms with Crippen molar-refractivity contribution in [3.63, 3.8) is 0 Å². The normalized spacial score (nSPS) is 15.6. The summed E-state index contributed by atoms with van der Waals surface area (Å²) in [6, 6.07) is 3.83. The summed E-state index contributed by atoms with van der Waals surface area (Å²) in [5.41, 5.74) is 0. The van der Waals surface area contributed by atoms with Crippen molar-refractivity contribution in [2.45, 2.75) is 20.0 Å². The zero-order chi connectivity index (χ0) is 11.4. The summed E-state index contributed by atoms with van der Waals surface area (Å²) in [7, 11) is 0. The molecule has 1 amide bonds. The number of cyclic esters (lactones) is 1. The molecule has 1 fully saturated rings. The first-order chi connectivity index (χ1) is 7.79. The van der Waals surface area contributed by atoms with E-state index < -0.39 is 0 Å². The molecule has 88 valence electrons. The topological polar surface area (TPSA) is 54.7 Å². The minimum atomic E-state index is -0.260. The number of carbonyl (C=O) groups is 1. The van der Waals surface area contributed by atoms with Crippen LogP contribution in [0.5, 0.6) is 0 Å². The standard InChI is InChI=1S/C11H16N2O3/c1-2-12-7-9-3-4-10(16-9)8-13-5-6-15-11(13)14/h3-4,12H,2,5-8H2,1H3. The maximum atomic E-state index is 11.2. The van der Waals surface area contributed by atoms with Crippen molar-refractivity contribution < 1.29 is 13.9 Å². The van der Waals surface area contributed by atoms with Crippen molar-refractivity contribution >= 4 is 6.09 Å². The third-order valence-electron chi connectivity index (χ3n) is 2.46. The van der Waals surface area contributed by atoms with Gasteiger partial charge < -0.3 is 14.5 Å². The molecule has 16 heavy (non-hydrogen) atoms. The molecule has 1 aliphatic rings. The summed E-state index contributed by atoms with van der Waals surface area (Å²) < 4.78 is 10.4. The Kier molecular flexibility index (Phi) is 3.46. The Morgan fingerprint density at radius 3 is 2.94 bits per heavy atom. The minimum absolute atomic E-state index is 0.260. The molecule has 0 bridgehead atoms. The Hall–Kier alpha value is -1.49. The van der Waals surface area contributed by atoms with E-state index in [9.17, 15) is 4.79 Å². The number of hydrogen-bond acceptors (Lipinski definition) is 4. The lowest BCUT2D eigenvalue weighted by atomic mass is 10.4. The van der Waals surface area contributed by atoms with Crippen LogP contribution in [-0.2, 0) is 17.8 Å². The molecule has 2 heterocycles. The number of rotatable bonds is 5. The summed E-state index contributed by atoms with van der Waals surface area (Å²) in [4.78, 5) is 12.8. The Bertz CT molecular complexity index is 362. The van der Waals surface area contributed by atoms with Crippen molar-refractivity contribution in [1.29, 1.82) is 0 Å². The average Bonchev–Trinajstić information content (AvgIpc) is 2.87. The number of nitrogens with one attached hydrogen (secondary N) is 1. The van der Waals surface area contributed by atoms with E-state index in [1.165, 1.54) is 0 Å². The molecule has 0 spiro atoms. The highest BCUT2D eigenvalue weighted by Gasteiger charge is 2.22. The number of ether oxygens (including phenoxy) is 1. The summed E-state index contributed by atoms with van der Waals surface area (Å²) in [5, 5.41) is 3.18. The minimum Gasteiger partial charge on any atom is -0.463 e. The van der Waals surface area contributed by atoms with Crippen LogP contribution in [0, 0.1) is 0 Å². The highest BCUT2D eigenvalue weighted by molar-refractivity contribution is 5.69. The average molecular weight is 224 g/mol. The summed E-state index contributed by atoms with van der Waals surface area (Å²) in [6.45, 7) is 5.29. The molecule has 1 aromatic rings. The fourth-order valence-corrected chi connectivity index (χ4v) is 1.61. The van der Waals surface area contributed by atoms with Gasteiger partial charge >= 0.3 is 6.09 Å². The van der Waals surface area contributed by atoms with Crippen LogP contribution < -0.4 is 5.32 Å². The van der Waals surface area contributed by atoms with Gasteiger partial charge in [-0.15, -0.1) is 0 Å². The summed E-state index contributed by atoms with van der Waals surface area (Å²) in [5.74, 6) is 1.69. The van der Waals surface area contributed by atoms with Gasteiger partial charge in [-0.1, -0.05) is 6.92 Å². The third-order valence-corrected chi connectivity index (χ3v) is 2.46. The largest absolute Gasteiger partial charge is 0.463 e. The van der Waals surface area contributed by atoms with Crippen molar-refractivity contribution in [3.8, 4) is 0 Å². The van der Waals surface area contributed by atoms with Crippen LogP contribution in [0.2, 0.25) is 0 Å². The molecule has 5 nitrogen and oxygen atoms in total. The fourth-order valence-electron chi connectivity index (χ4n) is 1.61. The molecule has 0 aliphatic carbocycles. The van der Waals surface area contributed by atoms with Crippen molar-refractivity contribution in [2.24, 2.45) is 0 Å². The van der Waals surface area contributed by atoms with Crippen molar-refractivity contribution in [3.05, 3.63) is 23.7 Å². The molecule has 0 aromatic carbocycles. The van der Waals surface area contributed by atoms with E-state index >= 15 is 0 Å². The van der Waals surface area contributed by atoms with E-state index in [4.69, 9.17) is 9.15 Å². The maximum Gasteiger partial charge on any atom is 0.410 e. The maximum absolute atomic E-state index is 11.2. The van der Waals surface area contributed by atoms with E-state index in [2.05, 4.69) is 5.32 Å². The number of amides is 1. The van der Waals surface area contributed by atoms with Gasteiger partial charge in [-0.3, -0.25) is 4.90 Å². The Labute approximate surface area is 94.4 Å². The van der Waals surface area contributed by atoms with Crippen LogP contribution in [-0.4, -0.2) is 30.7 Å². The molecular formula is C11H16N2O3. The number of furan rings is 1. The predicted octanol–water partition coefficient (Wildman–Crippen LogP) is 1.34. The highest BCUT2D eigenvalue weighted by atomic mass is 16.6. The van der Waals surface area contributed by atoms with Gasteiger partial charge in [0.1, 0.15) is 18.1 Å². The zero-order valence-electron chi connectivity index (χ0n) is 9.36. The molecule has 1 aliphatic heterocycles. The Morgan fingerprint density at radius 2 is 2.25 bits per heavy atom. The Morgan fingerprint density at radius 1 is 1.44 bits per heavy atom. The van der Waals surface area contributed by atoms with Crippen LogP contribution >= 0.6 is 0 Å². The van der Waals surface area contributed by atoms with Crippen molar-refractivity contribution in [2.75, 3.05) is 19.7 Å². The van der Waals surface area contributed by atoms with E-state index in [0.29, 0.717) is 19.7 Å². The van der Waals surface area contributed by atoms with Gasteiger partial charge in [0.05, 0.1) is 19.6 Å². The monoisotopic (exact) mass is 224 g/mol. The van der Waals surface area contributed by atoms with Gasteiger partial charge in [-0.25, -0.2) is 4.79 Å². The van der Waals surface area contributed by atoms with Gasteiger partial charge in [0.25, 0.3) is 0 Å². The van der Waals surface area contributed by atoms with Crippen LogP contribution in [0.4, 0.5) is 4.79 Å². The van der Waals surface area contributed by atoms with Gasteiger partial charge in [-0.2, -0.15) is 0 Å². The lowest BCUT2D eigenvalue weighted by Gasteiger charge is -2.09. The number of carbonyl (C=O) groups excluding carboxylic acids is 1.